The molecule has 200 valence electrons. The van der Waals surface area contributed by atoms with Crippen LogP contribution in [-0.2, 0) is 22.6 Å². The van der Waals surface area contributed by atoms with Gasteiger partial charge in [-0.2, -0.15) is 0 Å². The molecule has 3 aromatic rings. The lowest BCUT2D eigenvalue weighted by molar-refractivity contribution is -0.385. The molecule has 0 aliphatic rings. The molecule has 3 rings (SSSR count). The summed E-state index contributed by atoms with van der Waals surface area (Å²) < 4.78 is 10.8. The molecule has 0 aliphatic carbocycles. The van der Waals surface area contributed by atoms with Crippen molar-refractivity contribution in [1.29, 1.82) is 0 Å². The van der Waals surface area contributed by atoms with Gasteiger partial charge in [0.1, 0.15) is 11.8 Å². The fourth-order valence-corrected chi connectivity index (χ4v) is 4.05. The molecule has 0 heterocycles. The molecular weight excluding hydrogens is 510 g/mol. The fraction of sp³-hybridized carbons (Fsp3) is 0.286. The first-order valence-electron chi connectivity index (χ1n) is 12.1. The van der Waals surface area contributed by atoms with E-state index in [1.165, 1.54) is 30.2 Å². The van der Waals surface area contributed by atoms with Gasteiger partial charge < -0.3 is 19.7 Å². The van der Waals surface area contributed by atoms with Crippen molar-refractivity contribution in [3.63, 3.8) is 0 Å². The van der Waals surface area contributed by atoms with Crippen LogP contribution < -0.4 is 14.8 Å². The lowest BCUT2D eigenvalue weighted by Gasteiger charge is -2.31. The number of carbonyl (C=O) groups is 2. The predicted molar refractivity (Wildman–Crippen MR) is 144 cm³/mol. The minimum absolute atomic E-state index is 0.00812. The van der Waals surface area contributed by atoms with Gasteiger partial charge >= 0.3 is 5.69 Å². The highest BCUT2D eigenvalue weighted by Gasteiger charge is 2.31. The average Bonchev–Trinajstić information content (AvgIpc) is 2.93. The van der Waals surface area contributed by atoms with Crippen molar-refractivity contribution >= 4 is 29.1 Å². The summed E-state index contributed by atoms with van der Waals surface area (Å²) in [6, 6.07) is 19.7. The molecule has 0 aromatic heterocycles. The van der Waals surface area contributed by atoms with Crippen LogP contribution in [0, 0.1) is 10.1 Å². The maximum Gasteiger partial charge on any atom is 0.311 e. The van der Waals surface area contributed by atoms with Gasteiger partial charge in [-0.15, -0.1) is 0 Å². The molecule has 0 fully saturated rings. The lowest BCUT2D eigenvalue weighted by atomic mass is 10.0. The van der Waals surface area contributed by atoms with E-state index in [1.807, 2.05) is 43.3 Å². The van der Waals surface area contributed by atoms with E-state index in [2.05, 4.69) is 5.32 Å². The molecule has 1 atom stereocenters. The second-order valence-corrected chi connectivity index (χ2v) is 8.90. The Kier molecular flexibility index (Phi) is 10.5. The van der Waals surface area contributed by atoms with Gasteiger partial charge in [0.2, 0.25) is 11.7 Å². The number of halogens is 1. The zero-order valence-electron chi connectivity index (χ0n) is 21.3. The third-order valence-electron chi connectivity index (χ3n) is 5.83. The van der Waals surface area contributed by atoms with Crippen LogP contribution in [-0.4, -0.2) is 47.9 Å². The molecule has 0 spiro atoms. The molecule has 0 saturated heterocycles. The van der Waals surface area contributed by atoms with Crippen LogP contribution in [0.4, 0.5) is 5.69 Å². The van der Waals surface area contributed by atoms with Crippen molar-refractivity contribution in [2.24, 2.45) is 0 Å². The Morgan fingerprint density at radius 1 is 1.08 bits per heavy atom. The van der Waals surface area contributed by atoms with Gasteiger partial charge in [-0.1, -0.05) is 67.1 Å². The largest absolute Gasteiger partial charge is 0.490 e. The van der Waals surface area contributed by atoms with Crippen LogP contribution in [0.15, 0.2) is 72.8 Å². The predicted octanol–water partition coefficient (Wildman–Crippen LogP) is 4.80. The quantitative estimate of drug-likeness (QED) is 0.247. The van der Waals surface area contributed by atoms with E-state index in [9.17, 15) is 19.7 Å². The third kappa shape index (κ3) is 7.69. The van der Waals surface area contributed by atoms with Crippen molar-refractivity contribution in [3.05, 3.63) is 99.1 Å². The summed E-state index contributed by atoms with van der Waals surface area (Å²) in [6.45, 7) is 2.10. The number of methoxy groups -OCH3 is 1. The molecule has 1 N–H and O–H groups in total. The van der Waals surface area contributed by atoms with Crippen molar-refractivity contribution in [1.82, 2.24) is 10.2 Å². The van der Waals surface area contributed by atoms with Gasteiger partial charge in [0.05, 0.1) is 12.0 Å². The standard InChI is InChI=1S/C28H30ClN3O6/c1-3-15-30-28(34)25(16-20-9-5-4-6-10-20)31(18-21-11-7-8-12-23(21)29)27(33)19-38-22-13-14-24(32(35)36)26(17-22)37-2/h4-14,17,25H,3,15-16,18-19H2,1-2H3,(H,30,34). The highest BCUT2D eigenvalue weighted by Crippen LogP contribution is 2.31. The zero-order valence-corrected chi connectivity index (χ0v) is 22.0. The van der Waals surface area contributed by atoms with Gasteiger partial charge in [0.25, 0.3) is 5.91 Å². The molecule has 10 heteroatoms. The first kappa shape index (κ1) is 28.5. The SMILES string of the molecule is CCCNC(=O)C(Cc1ccccc1)N(Cc1ccccc1Cl)C(=O)COc1ccc([N+](=O)[O-])c(OC)c1. The smallest absolute Gasteiger partial charge is 0.311 e. The van der Waals surface area contributed by atoms with Crippen LogP contribution in [0.5, 0.6) is 11.5 Å². The van der Waals surface area contributed by atoms with Crippen molar-refractivity contribution in [2.45, 2.75) is 32.4 Å². The Hall–Kier alpha value is -4.11. The number of nitrogens with one attached hydrogen (secondary N) is 1. The molecule has 0 radical (unpaired) electrons. The third-order valence-corrected chi connectivity index (χ3v) is 6.20. The zero-order chi connectivity index (χ0) is 27.5. The van der Waals surface area contributed by atoms with Crippen LogP contribution >= 0.6 is 11.6 Å². The minimum Gasteiger partial charge on any atom is -0.490 e. The Morgan fingerprint density at radius 3 is 2.45 bits per heavy atom. The number of hydrogen-bond acceptors (Lipinski definition) is 6. The second-order valence-electron chi connectivity index (χ2n) is 8.49. The van der Waals surface area contributed by atoms with Crippen LogP contribution in [0.1, 0.15) is 24.5 Å². The molecule has 38 heavy (non-hydrogen) atoms. The number of amides is 2. The van der Waals surface area contributed by atoms with E-state index in [0.29, 0.717) is 17.1 Å². The average molecular weight is 540 g/mol. The molecule has 0 saturated carbocycles. The van der Waals surface area contributed by atoms with Gasteiger partial charge in [-0.25, -0.2) is 0 Å². The van der Waals surface area contributed by atoms with Crippen molar-refractivity contribution < 1.29 is 24.0 Å². The van der Waals surface area contributed by atoms with Gasteiger partial charge in [-0.3, -0.25) is 19.7 Å². The Balaban J connectivity index is 1.91. The maximum absolute atomic E-state index is 13.6. The van der Waals surface area contributed by atoms with Crippen molar-refractivity contribution in [2.75, 3.05) is 20.3 Å². The Morgan fingerprint density at radius 2 is 1.79 bits per heavy atom. The number of nitro benzene ring substituents is 1. The molecule has 3 aromatic carbocycles. The number of nitrogens with zero attached hydrogens (tertiary/aromatic N) is 2. The molecule has 0 bridgehead atoms. The normalized spacial score (nSPS) is 11.3. The minimum atomic E-state index is -0.831. The highest BCUT2D eigenvalue weighted by atomic mass is 35.5. The van der Waals surface area contributed by atoms with Gasteiger partial charge in [0.15, 0.2) is 6.61 Å². The Bertz CT molecular complexity index is 1250. The number of hydrogen-bond donors (Lipinski definition) is 1. The van der Waals surface area contributed by atoms with E-state index in [0.717, 1.165) is 12.0 Å². The summed E-state index contributed by atoms with van der Waals surface area (Å²) in [7, 11) is 1.31. The number of rotatable bonds is 13. The monoisotopic (exact) mass is 539 g/mol. The summed E-state index contributed by atoms with van der Waals surface area (Å²) in [5.74, 6) is -0.509. The van der Waals surface area contributed by atoms with Crippen LogP contribution in [0.2, 0.25) is 5.02 Å². The maximum atomic E-state index is 13.6. The van der Waals surface area contributed by atoms with E-state index in [4.69, 9.17) is 21.1 Å². The fourth-order valence-electron chi connectivity index (χ4n) is 3.86. The topological polar surface area (TPSA) is 111 Å². The summed E-state index contributed by atoms with van der Waals surface area (Å²) in [4.78, 5) is 39.0. The summed E-state index contributed by atoms with van der Waals surface area (Å²) in [6.07, 6.45) is 1.03. The van der Waals surface area contributed by atoms with Crippen LogP contribution in [0.25, 0.3) is 0 Å². The first-order chi connectivity index (χ1) is 18.3. The van der Waals surface area contributed by atoms with E-state index in [1.54, 1.807) is 18.2 Å². The molecule has 2 amide bonds. The summed E-state index contributed by atoms with van der Waals surface area (Å²) in [5.41, 5.74) is 1.35. The molecule has 1 unspecified atom stereocenters. The van der Waals surface area contributed by atoms with Gasteiger partial charge in [0, 0.05) is 36.7 Å². The molecule has 9 nitrogen and oxygen atoms in total. The second kappa shape index (κ2) is 14.0. The van der Waals surface area contributed by atoms with E-state index < -0.39 is 23.5 Å². The van der Waals surface area contributed by atoms with E-state index in [-0.39, 0.29) is 36.1 Å². The Labute approximate surface area is 226 Å². The first-order valence-corrected chi connectivity index (χ1v) is 12.5. The molecule has 0 aliphatic heterocycles. The van der Waals surface area contributed by atoms with Gasteiger partial charge in [-0.05, 0) is 29.7 Å². The van der Waals surface area contributed by atoms with Crippen molar-refractivity contribution in [3.8, 4) is 11.5 Å². The lowest BCUT2D eigenvalue weighted by Crippen LogP contribution is -2.51. The number of nitro groups is 1. The highest BCUT2D eigenvalue weighted by molar-refractivity contribution is 6.31. The van der Waals surface area contributed by atoms with E-state index >= 15 is 0 Å². The molecular formula is C28H30ClN3O6. The van der Waals surface area contributed by atoms with Crippen LogP contribution in [0.3, 0.4) is 0 Å². The number of carbonyl (C=O) groups excluding carboxylic acids is 2. The summed E-state index contributed by atoms with van der Waals surface area (Å²) >= 11 is 6.41. The number of benzene rings is 3. The number of ether oxygens (including phenoxy) is 2. The summed E-state index contributed by atoms with van der Waals surface area (Å²) in [5, 5.41) is 14.6.